The molecule has 12 heteroatoms. The smallest absolute Gasteiger partial charge is 0.330 e. The number of amides is 3. The largest absolute Gasteiger partial charge is 0.345 e. The van der Waals surface area contributed by atoms with E-state index in [4.69, 9.17) is 15.4 Å². The van der Waals surface area contributed by atoms with Crippen LogP contribution < -0.4 is 11.2 Å². The average Bonchev–Trinajstić information content (AvgIpc) is 3.33. The molecule has 2 fully saturated rings. The van der Waals surface area contributed by atoms with Gasteiger partial charge in [0.1, 0.15) is 12.6 Å². The molecule has 3 amide bonds. The molecule has 2 saturated heterocycles. The number of benzene rings is 1. The highest BCUT2D eigenvalue weighted by molar-refractivity contribution is 5.88. The molecule has 2 bridgehead atoms. The van der Waals surface area contributed by atoms with Gasteiger partial charge in [-0.25, -0.2) is 10.3 Å². The lowest BCUT2D eigenvalue weighted by molar-refractivity contribution is -0.141. The van der Waals surface area contributed by atoms with Crippen molar-refractivity contribution in [2.24, 2.45) is 5.73 Å². The minimum atomic E-state index is -0.588. The van der Waals surface area contributed by atoms with Crippen molar-refractivity contribution < 1.29 is 19.3 Å². The number of tetrazole rings is 1. The number of carbonyl (C=O) groups excluding carboxylic acids is 2. The van der Waals surface area contributed by atoms with Gasteiger partial charge in [-0.15, -0.1) is 10.2 Å². The Kier molecular flexibility index (Phi) is 6.70. The summed E-state index contributed by atoms with van der Waals surface area (Å²) in [5, 5.41) is 13.3. The minimum Gasteiger partial charge on any atom is -0.330 e. The Morgan fingerprint density at radius 1 is 1.26 bits per heavy atom. The number of hydrogen-bond donors (Lipinski definition) is 2. The third-order valence-corrected chi connectivity index (χ3v) is 5.27. The van der Waals surface area contributed by atoms with Gasteiger partial charge in [0.2, 0.25) is 0 Å². The summed E-state index contributed by atoms with van der Waals surface area (Å²) in [5.74, 6) is 0.210. The summed E-state index contributed by atoms with van der Waals surface area (Å²) in [6.07, 6.45) is 1.78. The summed E-state index contributed by atoms with van der Waals surface area (Å²) in [6.45, 7) is 1.71. The highest BCUT2D eigenvalue weighted by Gasteiger charge is 2.48. The molecular weight excluding hydrogens is 404 g/mol. The molecule has 0 aliphatic carbocycles. The van der Waals surface area contributed by atoms with Crippen molar-refractivity contribution in [3.8, 4) is 0 Å². The number of rotatable bonds is 10. The maximum absolute atomic E-state index is 12.8. The van der Waals surface area contributed by atoms with Gasteiger partial charge >= 0.3 is 6.03 Å². The molecular formula is C19H26N8O4. The number of fused-ring (bicyclic) bond motifs is 2. The van der Waals surface area contributed by atoms with E-state index in [9.17, 15) is 9.59 Å². The van der Waals surface area contributed by atoms with Gasteiger partial charge in [0.15, 0.2) is 5.82 Å². The number of nitrogens with two attached hydrogens (primary N) is 1. The molecule has 0 unspecified atom stereocenters. The van der Waals surface area contributed by atoms with Crippen molar-refractivity contribution in [1.29, 1.82) is 0 Å². The van der Waals surface area contributed by atoms with Crippen molar-refractivity contribution in [3.63, 3.8) is 0 Å². The topological polar surface area (TPSA) is 141 Å². The zero-order chi connectivity index (χ0) is 21.6. The van der Waals surface area contributed by atoms with Gasteiger partial charge in [0.25, 0.3) is 5.91 Å². The van der Waals surface area contributed by atoms with Crippen molar-refractivity contribution in [1.82, 2.24) is 35.7 Å². The second kappa shape index (κ2) is 9.81. The first-order valence-electron chi connectivity index (χ1n) is 10.3. The first-order chi connectivity index (χ1) is 15.2. The fourth-order valence-electron chi connectivity index (χ4n) is 3.71. The third kappa shape index (κ3) is 4.98. The van der Waals surface area contributed by atoms with Crippen LogP contribution in [0.2, 0.25) is 0 Å². The first kappa shape index (κ1) is 21.2. The van der Waals surface area contributed by atoms with Gasteiger partial charge < -0.3 is 10.6 Å². The summed E-state index contributed by atoms with van der Waals surface area (Å²) in [7, 11) is 0. The summed E-state index contributed by atoms with van der Waals surface area (Å²) in [4.78, 5) is 39.3. The van der Waals surface area contributed by atoms with Gasteiger partial charge in [-0.2, -0.15) is 9.86 Å². The van der Waals surface area contributed by atoms with E-state index >= 15 is 0 Å². The minimum absolute atomic E-state index is 0.0534. The van der Waals surface area contributed by atoms with E-state index in [1.54, 1.807) is 0 Å². The Balaban J connectivity index is 1.23. The van der Waals surface area contributed by atoms with E-state index in [1.165, 1.54) is 14.8 Å². The van der Waals surface area contributed by atoms with E-state index in [0.29, 0.717) is 51.3 Å². The molecule has 3 N–H and O–H groups in total. The number of nitrogens with zero attached hydrogens (tertiary/aromatic N) is 6. The van der Waals surface area contributed by atoms with E-state index < -0.39 is 6.04 Å². The molecule has 166 valence electrons. The highest BCUT2D eigenvalue weighted by Crippen LogP contribution is 2.30. The molecule has 12 nitrogen and oxygen atoms in total. The van der Waals surface area contributed by atoms with E-state index in [2.05, 4.69) is 20.9 Å². The Morgan fingerprint density at radius 3 is 2.90 bits per heavy atom. The third-order valence-electron chi connectivity index (χ3n) is 5.27. The van der Waals surface area contributed by atoms with Crippen molar-refractivity contribution >= 4 is 11.9 Å². The number of carbonyl (C=O) groups is 2. The number of nitrogens with one attached hydrogen (secondary N) is 1. The van der Waals surface area contributed by atoms with Crippen LogP contribution in [-0.2, 0) is 34.0 Å². The molecule has 2 atom stereocenters. The van der Waals surface area contributed by atoms with Gasteiger partial charge in [-0.1, -0.05) is 30.3 Å². The number of hydrogen-bond acceptors (Lipinski definition) is 8. The number of piperidine rings is 1. The average molecular weight is 430 g/mol. The zero-order valence-corrected chi connectivity index (χ0v) is 17.1. The SMILES string of the molecule is NCCc1nnn(CCONC(=O)[C@@H]2CC[C@@H]3CN2C(=O)N3OCc2ccccc2)n1. The first-order valence-corrected chi connectivity index (χ1v) is 10.3. The lowest BCUT2D eigenvalue weighted by Crippen LogP contribution is -2.49. The molecule has 2 aliphatic heterocycles. The van der Waals surface area contributed by atoms with E-state index in [0.717, 1.165) is 5.56 Å². The number of aromatic nitrogens is 4. The van der Waals surface area contributed by atoms with Crippen LogP contribution in [0.25, 0.3) is 0 Å². The van der Waals surface area contributed by atoms with Crippen LogP contribution in [0, 0.1) is 0 Å². The summed E-state index contributed by atoms with van der Waals surface area (Å²) in [5.41, 5.74) is 8.86. The van der Waals surface area contributed by atoms with Gasteiger partial charge in [0, 0.05) is 13.0 Å². The van der Waals surface area contributed by atoms with Crippen molar-refractivity contribution in [2.45, 2.75) is 44.5 Å². The molecule has 0 radical (unpaired) electrons. The second-order valence-electron chi connectivity index (χ2n) is 7.42. The monoisotopic (exact) mass is 430 g/mol. The summed E-state index contributed by atoms with van der Waals surface area (Å²) in [6, 6.07) is 8.71. The Bertz CT molecular complexity index is 892. The molecule has 2 aromatic rings. The van der Waals surface area contributed by atoms with Crippen molar-refractivity contribution in [3.05, 3.63) is 41.7 Å². The summed E-state index contributed by atoms with van der Waals surface area (Å²) >= 11 is 0. The molecule has 0 saturated carbocycles. The molecule has 1 aromatic heterocycles. The standard InChI is InChI=1S/C19H26N8O4/c20-9-8-17-21-24-26(22-17)10-11-30-23-18(28)16-7-6-15-12-25(16)19(29)27(15)31-13-14-4-2-1-3-5-14/h1-5,15-16H,6-13,20H2,(H,23,28)/t15-,16+/m1/s1. The van der Waals surface area contributed by atoms with Crippen LogP contribution in [0.15, 0.2) is 30.3 Å². The fourth-order valence-corrected chi connectivity index (χ4v) is 3.71. The predicted molar refractivity (Wildman–Crippen MR) is 107 cm³/mol. The molecule has 2 aliphatic rings. The van der Waals surface area contributed by atoms with Crippen molar-refractivity contribution in [2.75, 3.05) is 19.7 Å². The Morgan fingerprint density at radius 2 is 2.10 bits per heavy atom. The highest BCUT2D eigenvalue weighted by atomic mass is 16.7. The predicted octanol–water partition coefficient (Wildman–Crippen LogP) is -0.377. The Hall–Kier alpha value is -3.09. The quantitative estimate of drug-likeness (QED) is 0.384. The van der Waals surface area contributed by atoms with Crippen LogP contribution >= 0.6 is 0 Å². The van der Waals surface area contributed by atoms with Gasteiger partial charge in [-0.3, -0.25) is 14.5 Å². The van der Waals surface area contributed by atoms with Gasteiger partial charge in [0.05, 0.1) is 19.2 Å². The maximum Gasteiger partial charge on any atom is 0.345 e. The number of urea groups is 1. The molecule has 3 heterocycles. The number of hydroxylamine groups is 3. The van der Waals surface area contributed by atoms with Crippen LogP contribution in [-0.4, -0.2) is 73.9 Å². The van der Waals surface area contributed by atoms with Crippen LogP contribution in [0.4, 0.5) is 4.79 Å². The van der Waals surface area contributed by atoms with E-state index in [-0.39, 0.29) is 24.6 Å². The van der Waals surface area contributed by atoms with Crippen LogP contribution in [0.3, 0.4) is 0 Å². The lowest BCUT2D eigenvalue weighted by Gasteiger charge is -2.28. The zero-order valence-electron chi connectivity index (χ0n) is 17.1. The summed E-state index contributed by atoms with van der Waals surface area (Å²) < 4.78 is 0. The fraction of sp³-hybridized carbons (Fsp3) is 0.526. The molecule has 4 rings (SSSR count). The normalized spacial score (nSPS) is 20.4. The maximum atomic E-state index is 12.8. The van der Waals surface area contributed by atoms with E-state index in [1.807, 2.05) is 30.3 Å². The lowest BCUT2D eigenvalue weighted by atomic mass is 10.0. The molecule has 0 spiro atoms. The molecule has 1 aromatic carbocycles. The van der Waals surface area contributed by atoms with Crippen LogP contribution in [0.1, 0.15) is 24.2 Å². The van der Waals surface area contributed by atoms with Gasteiger partial charge in [-0.05, 0) is 30.2 Å². The Labute approximate surface area is 179 Å². The van der Waals surface area contributed by atoms with Crippen LogP contribution in [0.5, 0.6) is 0 Å². The molecule has 31 heavy (non-hydrogen) atoms. The second-order valence-corrected chi connectivity index (χ2v) is 7.42.